The minimum Gasteiger partial charge on any atom is -0.390 e. The van der Waals surface area contributed by atoms with Crippen molar-refractivity contribution in [2.75, 3.05) is 13.1 Å². The molecule has 0 spiro atoms. The normalized spacial score (nSPS) is 13.2. The molecule has 0 heterocycles. The molecule has 6 heteroatoms. The Hall–Kier alpha value is -2.44. The van der Waals surface area contributed by atoms with Crippen molar-refractivity contribution in [3.63, 3.8) is 0 Å². The maximum Gasteiger partial charge on any atom is 0.243 e. The quantitative estimate of drug-likeness (QED) is 0.567. The third-order valence-corrected chi connectivity index (χ3v) is 4.01. The molecule has 0 aliphatic heterocycles. The van der Waals surface area contributed by atoms with Crippen molar-refractivity contribution < 1.29 is 14.7 Å². The van der Waals surface area contributed by atoms with Crippen LogP contribution in [0.2, 0.25) is 0 Å². The SMILES string of the molecule is CCC(=O)NC(Cc1ccc2ccccc2c1)C(=O)NCC(O)CN. The molecule has 0 saturated heterocycles. The van der Waals surface area contributed by atoms with E-state index in [1.54, 1.807) is 6.92 Å². The summed E-state index contributed by atoms with van der Waals surface area (Å²) in [5, 5.41) is 17.1. The molecule has 0 fully saturated rings. The van der Waals surface area contributed by atoms with Crippen LogP contribution in [0.5, 0.6) is 0 Å². The van der Waals surface area contributed by atoms with Gasteiger partial charge in [-0.1, -0.05) is 49.4 Å². The molecular formula is C19H25N3O3. The molecule has 0 aromatic heterocycles. The highest BCUT2D eigenvalue weighted by Gasteiger charge is 2.21. The summed E-state index contributed by atoms with van der Waals surface area (Å²) in [6, 6.07) is 13.2. The van der Waals surface area contributed by atoms with E-state index in [1.807, 2.05) is 42.5 Å². The molecule has 6 nitrogen and oxygen atoms in total. The molecule has 0 aliphatic carbocycles. The fourth-order valence-electron chi connectivity index (χ4n) is 2.53. The second-order valence-corrected chi connectivity index (χ2v) is 5.99. The zero-order valence-electron chi connectivity index (χ0n) is 14.4. The molecular weight excluding hydrogens is 318 g/mol. The van der Waals surface area contributed by atoms with E-state index < -0.39 is 12.1 Å². The van der Waals surface area contributed by atoms with Crippen molar-refractivity contribution >= 4 is 22.6 Å². The maximum atomic E-state index is 12.4. The molecule has 2 aromatic carbocycles. The van der Waals surface area contributed by atoms with Crippen LogP contribution < -0.4 is 16.4 Å². The molecule has 5 N–H and O–H groups in total. The second kappa shape index (κ2) is 9.15. The van der Waals surface area contributed by atoms with Crippen LogP contribution >= 0.6 is 0 Å². The van der Waals surface area contributed by atoms with E-state index in [2.05, 4.69) is 10.6 Å². The van der Waals surface area contributed by atoms with Gasteiger partial charge in [-0.2, -0.15) is 0 Å². The van der Waals surface area contributed by atoms with E-state index in [1.165, 1.54) is 0 Å². The summed E-state index contributed by atoms with van der Waals surface area (Å²) in [5.41, 5.74) is 6.30. The Morgan fingerprint density at radius 2 is 1.88 bits per heavy atom. The number of aliphatic hydroxyl groups excluding tert-OH is 1. The van der Waals surface area contributed by atoms with Gasteiger partial charge in [0.15, 0.2) is 0 Å². The number of carbonyl (C=O) groups excluding carboxylic acids is 2. The van der Waals surface area contributed by atoms with Crippen molar-refractivity contribution in [3.8, 4) is 0 Å². The second-order valence-electron chi connectivity index (χ2n) is 5.99. The standard InChI is InChI=1S/C19H25N3O3/c1-2-18(24)22-17(19(25)21-12-16(23)11-20)10-13-7-8-14-5-3-4-6-15(14)9-13/h3-9,16-17,23H,2,10-12,20H2,1H3,(H,21,25)(H,22,24). The molecule has 0 bridgehead atoms. The smallest absolute Gasteiger partial charge is 0.243 e. The van der Waals surface area contributed by atoms with Gasteiger partial charge in [-0.25, -0.2) is 0 Å². The fourth-order valence-corrected chi connectivity index (χ4v) is 2.53. The van der Waals surface area contributed by atoms with Crippen LogP contribution in [0.3, 0.4) is 0 Å². The van der Waals surface area contributed by atoms with Gasteiger partial charge in [0.1, 0.15) is 6.04 Å². The molecule has 2 aromatic rings. The van der Waals surface area contributed by atoms with E-state index in [0.29, 0.717) is 12.8 Å². The first-order chi connectivity index (χ1) is 12.0. The van der Waals surface area contributed by atoms with Gasteiger partial charge in [-0.3, -0.25) is 9.59 Å². The Bertz CT molecular complexity index is 733. The van der Waals surface area contributed by atoms with Crippen molar-refractivity contribution in [2.24, 2.45) is 5.73 Å². The molecule has 2 rings (SSSR count). The Kier molecular flexibility index (Phi) is 6.91. The average molecular weight is 343 g/mol. The van der Waals surface area contributed by atoms with Crippen molar-refractivity contribution in [2.45, 2.75) is 31.9 Å². The Morgan fingerprint density at radius 3 is 2.56 bits per heavy atom. The molecule has 25 heavy (non-hydrogen) atoms. The Morgan fingerprint density at radius 1 is 1.16 bits per heavy atom. The number of carbonyl (C=O) groups is 2. The summed E-state index contributed by atoms with van der Waals surface area (Å²) in [6.07, 6.45) is -0.124. The van der Waals surface area contributed by atoms with Crippen LogP contribution in [0.25, 0.3) is 10.8 Å². The van der Waals surface area contributed by atoms with Crippen LogP contribution in [0.15, 0.2) is 42.5 Å². The highest BCUT2D eigenvalue weighted by Crippen LogP contribution is 2.16. The van der Waals surface area contributed by atoms with Crippen LogP contribution in [0.1, 0.15) is 18.9 Å². The van der Waals surface area contributed by atoms with E-state index in [-0.39, 0.29) is 24.9 Å². The lowest BCUT2D eigenvalue weighted by atomic mass is 10.0. The molecule has 2 unspecified atom stereocenters. The number of rotatable bonds is 8. The highest BCUT2D eigenvalue weighted by molar-refractivity contribution is 5.88. The third-order valence-electron chi connectivity index (χ3n) is 4.01. The van der Waals surface area contributed by atoms with Gasteiger partial charge in [-0.15, -0.1) is 0 Å². The fraction of sp³-hybridized carbons (Fsp3) is 0.368. The van der Waals surface area contributed by atoms with E-state index >= 15 is 0 Å². The van der Waals surface area contributed by atoms with Crippen molar-refractivity contribution in [1.29, 1.82) is 0 Å². The number of amides is 2. The number of benzene rings is 2. The number of nitrogens with two attached hydrogens (primary N) is 1. The highest BCUT2D eigenvalue weighted by atomic mass is 16.3. The van der Waals surface area contributed by atoms with Crippen LogP contribution in [-0.4, -0.2) is 42.2 Å². The van der Waals surface area contributed by atoms with E-state index in [9.17, 15) is 14.7 Å². The summed E-state index contributed by atoms with van der Waals surface area (Å²) >= 11 is 0. The van der Waals surface area contributed by atoms with Crippen LogP contribution in [-0.2, 0) is 16.0 Å². The predicted octanol–water partition coefficient (Wildman–Crippen LogP) is 0.713. The van der Waals surface area contributed by atoms with Gasteiger partial charge < -0.3 is 21.5 Å². The molecule has 2 amide bonds. The number of hydrogen-bond acceptors (Lipinski definition) is 4. The van der Waals surface area contributed by atoms with E-state index in [0.717, 1.165) is 16.3 Å². The van der Waals surface area contributed by atoms with Gasteiger partial charge in [0.2, 0.25) is 11.8 Å². The van der Waals surface area contributed by atoms with Gasteiger partial charge in [0.05, 0.1) is 6.10 Å². The van der Waals surface area contributed by atoms with E-state index in [4.69, 9.17) is 5.73 Å². The number of aliphatic hydroxyl groups is 1. The summed E-state index contributed by atoms with van der Waals surface area (Å²) in [7, 11) is 0. The molecule has 0 aliphatic rings. The molecule has 134 valence electrons. The average Bonchev–Trinajstić information content (AvgIpc) is 2.64. The molecule has 2 atom stereocenters. The van der Waals surface area contributed by atoms with Gasteiger partial charge in [0.25, 0.3) is 0 Å². The molecule has 0 saturated carbocycles. The lowest BCUT2D eigenvalue weighted by molar-refractivity contribution is -0.129. The first kappa shape index (κ1) is 18.9. The van der Waals surface area contributed by atoms with Crippen LogP contribution in [0, 0.1) is 0 Å². The molecule has 0 radical (unpaired) electrons. The van der Waals surface area contributed by atoms with Crippen LogP contribution in [0.4, 0.5) is 0 Å². The summed E-state index contributed by atoms with van der Waals surface area (Å²) in [6.45, 7) is 1.86. The summed E-state index contributed by atoms with van der Waals surface area (Å²) in [5.74, 6) is -0.525. The number of nitrogens with one attached hydrogen (secondary N) is 2. The van der Waals surface area contributed by atoms with Crippen molar-refractivity contribution in [1.82, 2.24) is 10.6 Å². The van der Waals surface area contributed by atoms with Gasteiger partial charge in [-0.05, 0) is 16.3 Å². The zero-order chi connectivity index (χ0) is 18.2. The van der Waals surface area contributed by atoms with Crippen molar-refractivity contribution in [3.05, 3.63) is 48.0 Å². The lowest BCUT2D eigenvalue weighted by Crippen LogP contribution is -2.49. The number of hydrogen-bond donors (Lipinski definition) is 4. The summed E-state index contributed by atoms with van der Waals surface area (Å²) < 4.78 is 0. The maximum absolute atomic E-state index is 12.4. The van der Waals surface area contributed by atoms with Gasteiger partial charge in [0, 0.05) is 25.9 Å². The first-order valence-corrected chi connectivity index (χ1v) is 8.46. The predicted molar refractivity (Wildman–Crippen MR) is 97.9 cm³/mol. The minimum atomic E-state index is -0.799. The Labute approximate surface area is 147 Å². The minimum absolute atomic E-state index is 0.0611. The third kappa shape index (κ3) is 5.55. The largest absolute Gasteiger partial charge is 0.390 e. The number of fused-ring (bicyclic) bond motifs is 1. The monoisotopic (exact) mass is 343 g/mol. The summed E-state index contributed by atoms with van der Waals surface area (Å²) in [4.78, 5) is 24.2. The lowest BCUT2D eigenvalue weighted by Gasteiger charge is -2.19. The topological polar surface area (TPSA) is 104 Å². The first-order valence-electron chi connectivity index (χ1n) is 8.46. The van der Waals surface area contributed by atoms with Gasteiger partial charge >= 0.3 is 0 Å². The zero-order valence-corrected chi connectivity index (χ0v) is 14.4. The Balaban J connectivity index is 2.13.